The second kappa shape index (κ2) is 7.38. The number of benzene rings is 1. The van der Waals surface area contributed by atoms with E-state index in [4.69, 9.17) is 0 Å². The van der Waals surface area contributed by atoms with Crippen LogP contribution in [-0.2, 0) is 4.79 Å². The molecule has 1 fully saturated rings. The van der Waals surface area contributed by atoms with E-state index < -0.39 is 0 Å². The number of carbonyl (C=O) groups is 1. The van der Waals surface area contributed by atoms with Gasteiger partial charge in [0.15, 0.2) is 0 Å². The van der Waals surface area contributed by atoms with E-state index in [2.05, 4.69) is 20.9 Å². The maximum Gasteiger partial charge on any atom is 0.235 e. The van der Waals surface area contributed by atoms with Gasteiger partial charge in [0.05, 0.1) is 10.8 Å². The summed E-state index contributed by atoms with van der Waals surface area (Å²) in [6.45, 7) is 3.81. The lowest BCUT2D eigenvalue weighted by atomic mass is 10.0. The van der Waals surface area contributed by atoms with Crippen molar-refractivity contribution in [3.63, 3.8) is 0 Å². The van der Waals surface area contributed by atoms with Crippen molar-refractivity contribution in [1.82, 2.24) is 14.9 Å². The van der Waals surface area contributed by atoms with Gasteiger partial charge in [-0.05, 0) is 38.2 Å². The molecule has 0 bridgehead atoms. The zero-order valence-corrected chi connectivity index (χ0v) is 15.3. The van der Waals surface area contributed by atoms with E-state index in [9.17, 15) is 4.79 Å². The van der Waals surface area contributed by atoms with Crippen LogP contribution >= 0.6 is 11.8 Å². The summed E-state index contributed by atoms with van der Waals surface area (Å²) in [4.78, 5) is 25.5. The summed E-state index contributed by atoms with van der Waals surface area (Å²) in [6.07, 6.45) is 5.57. The van der Waals surface area contributed by atoms with Crippen LogP contribution in [-0.4, -0.2) is 58.5 Å². The summed E-state index contributed by atoms with van der Waals surface area (Å²) in [6, 6.07) is 8.43. The zero-order chi connectivity index (χ0) is 17.1. The van der Waals surface area contributed by atoms with E-state index in [1.165, 1.54) is 0 Å². The standard InChI is InChI=1S/C18H24N4OS/c1-13(24-3)18(23)21(2)14-8-10-22(11-9-14)17-15-6-4-5-7-16(15)19-12-20-17/h4-7,12-14H,8-11H2,1-3H3/t13-/m0/s1. The lowest BCUT2D eigenvalue weighted by Gasteiger charge is -2.38. The van der Waals surface area contributed by atoms with Gasteiger partial charge in [-0.15, -0.1) is 0 Å². The average Bonchev–Trinajstić information content (AvgIpc) is 2.66. The van der Waals surface area contributed by atoms with Gasteiger partial charge in [-0.2, -0.15) is 11.8 Å². The van der Waals surface area contributed by atoms with Gasteiger partial charge in [0.2, 0.25) is 5.91 Å². The molecule has 0 aliphatic carbocycles. The molecule has 2 aromatic rings. The number of carbonyl (C=O) groups excluding carboxylic acids is 1. The first-order chi connectivity index (χ1) is 11.6. The van der Waals surface area contributed by atoms with Gasteiger partial charge < -0.3 is 9.80 Å². The van der Waals surface area contributed by atoms with Crippen LogP contribution in [0.1, 0.15) is 19.8 Å². The second-order valence-electron chi connectivity index (χ2n) is 6.26. The molecule has 1 aromatic heterocycles. The summed E-state index contributed by atoms with van der Waals surface area (Å²) < 4.78 is 0. The van der Waals surface area contributed by atoms with Gasteiger partial charge in [0.25, 0.3) is 0 Å². The molecule has 1 atom stereocenters. The van der Waals surface area contributed by atoms with Crippen LogP contribution in [0.5, 0.6) is 0 Å². The Morgan fingerprint density at radius 2 is 2.00 bits per heavy atom. The third-order valence-electron chi connectivity index (χ3n) is 4.88. The van der Waals surface area contributed by atoms with Crippen LogP contribution in [0.15, 0.2) is 30.6 Å². The van der Waals surface area contributed by atoms with Gasteiger partial charge in [-0.25, -0.2) is 9.97 Å². The van der Waals surface area contributed by atoms with Crippen molar-refractivity contribution < 1.29 is 4.79 Å². The maximum atomic E-state index is 12.4. The van der Waals surface area contributed by atoms with Crippen LogP contribution in [0, 0.1) is 0 Å². The number of aromatic nitrogens is 2. The summed E-state index contributed by atoms with van der Waals surface area (Å²) >= 11 is 1.61. The van der Waals surface area contributed by atoms with E-state index in [-0.39, 0.29) is 11.2 Å². The predicted molar refractivity (Wildman–Crippen MR) is 101 cm³/mol. The van der Waals surface area contributed by atoms with E-state index >= 15 is 0 Å². The van der Waals surface area contributed by atoms with Gasteiger partial charge in [0.1, 0.15) is 12.1 Å². The molecule has 1 saturated heterocycles. The molecule has 1 amide bonds. The van der Waals surface area contributed by atoms with Gasteiger partial charge in [0, 0.05) is 31.6 Å². The fourth-order valence-electron chi connectivity index (χ4n) is 3.28. The maximum absolute atomic E-state index is 12.4. The number of piperidine rings is 1. The highest BCUT2D eigenvalue weighted by atomic mass is 32.2. The van der Waals surface area contributed by atoms with Crippen LogP contribution < -0.4 is 4.90 Å². The Labute approximate surface area is 147 Å². The molecule has 1 aliphatic rings. The monoisotopic (exact) mass is 344 g/mol. The topological polar surface area (TPSA) is 49.3 Å². The number of nitrogens with zero attached hydrogens (tertiary/aromatic N) is 4. The van der Waals surface area contributed by atoms with Crippen molar-refractivity contribution in [1.29, 1.82) is 0 Å². The average molecular weight is 344 g/mol. The number of amides is 1. The lowest BCUT2D eigenvalue weighted by molar-refractivity contribution is -0.131. The SMILES string of the molecule is CS[C@@H](C)C(=O)N(C)C1CCN(c2ncnc3ccccc23)CC1. The first kappa shape index (κ1) is 17.0. The Balaban J connectivity index is 1.70. The number of para-hydroxylation sites is 1. The van der Waals surface area contributed by atoms with Crippen LogP contribution in [0.4, 0.5) is 5.82 Å². The Morgan fingerprint density at radius 1 is 1.29 bits per heavy atom. The summed E-state index contributed by atoms with van der Waals surface area (Å²) in [5.74, 6) is 1.24. The first-order valence-corrected chi connectivity index (χ1v) is 9.64. The molecule has 1 aliphatic heterocycles. The molecular weight excluding hydrogens is 320 g/mol. The van der Waals surface area contributed by atoms with E-state index in [0.29, 0.717) is 6.04 Å². The van der Waals surface area contributed by atoms with E-state index in [1.54, 1.807) is 18.1 Å². The quantitative estimate of drug-likeness (QED) is 0.854. The number of fused-ring (bicyclic) bond motifs is 1. The fraction of sp³-hybridized carbons (Fsp3) is 0.500. The number of rotatable bonds is 4. The minimum absolute atomic E-state index is 0.0267. The largest absolute Gasteiger partial charge is 0.356 e. The van der Waals surface area contributed by atoms with E-state index in [1.807, 2.05) is 43.3 Å². The Kier molecular flexibility index (Phi) is 5.23. The predicted octanol–water partition coefficient (Wildman–Crippen LogP) is 2.81. The van der Waals surface area contributed by atoms with Gasteiger partial charge in [-0.3, -0.25) is 4.79 Å². The van der Waals surface area contributed by atoms with Crippen LogP contribution in [0.25, 0.3) is 10.9 Å². The Morgan fingerprint density at radius 3 is 2.71 bits per heavy atom. The number of thioether (sulfide) groups is 1. The second-order valence-corrected chi connectivity index (χ2v) is 7.44. The van der Waals surface area contributed by atoms with Crippen molar-refractivity contribution in [2.75, 3.05) is 31.3 Å². The first-order valence-electron chi connectivity index (χ1n) is 8.36. The molecular formula is C18H24N4OS. The highest BCUT2D eigenvalue weighted by molar-refractivity contribution is 7.99. The highest BCUT2D eigenvalue weighted by Gasteiger charge is 2.28. The third kappa shape index (κ3) is 3.34. The zero-order valence-electron chi connectivity index (χ0n) is 14.5. The Hall–Kier alpha value is -1.82. The minimum atomic E-state index is 0.0267. The van der Waals surface area contributed by atoms with Gasteiger partial charge in [-0.1, -0.05) is 12.1 Å². The molecule has 0 saturated carbocycles. The molecule has 5 nitrogen and oxygen atoms in total. The van der Waals surface area contributed by atoms with E-state index in [0.717, 1.165) is 42.7 Å². The molecule has 0 N–H and O–H groups in total. The molecule has 1 aromatic carbocycles. The minimum Gasteiger partial charge on any atom is -0.356 e. The van der Waals surface area contributed by atoms with Crippen molar-refractivity contribution in [2.24, 2.45) is 0 Å². The normalized spacial score (nSPS) is 17.0. The Bertz CT molecular complexity index is 710. The van der Waals surface area contributed by atoms with Crippen LogP contribution in [0.2, 0.25) is 0 Å². The van der Waals surface area contributed by atoms with Crippen molar-refractivity contribution in [2.45, 2.75) is 31.1 Å². The molecule has 0 radical (unpaired) electrons. The fourth-order valence-corrected chi connectivity index (χ4v) is 3.64. The number of anilines is 1. The molecule has 128 valence electrons. The number of hydrogen-bond acceptors (Lipinski definition) is 5. The summed E-state index contributed by atoms with van der Waals surface area (Å²) in [5.41, 5.74) is 0.978. The van der Waals surface area contributed by atoms with Crippen molar-refractivity contribution >= 4 is 34.4 Å². The summed E-state index contributed by atoms with van der Waals surface area (Å²) in [7, 11) is 1.94. The molecule has 3 rings (SSSR count). The van der Waals surface area contributed by atoms with Crippen molar-refractivity contribution in [3.8, 4) is 0 Å². The third-order valence-corrected chi connectivity index (χ3v) is 5.79. The lowest BCUT2D eigenvalue weighted by Crippen LogP contribution is -2.47. The van der Waals surface area contributed by atoms with Crippen molar-refractivity contribution in [3.05, 3.63) is 30.6 Å². The molecule has 2 heterocycles. The summed E-state index contributed by atoms with van der Waals surface area (Å²) in [5, 5.41) is 1.12. The smallest absolute Gasteiger partial charge is 0.235 e. The number of hydrogen-bond donors (Lipinski definition) is 0. The molecule has 0 unspecified atom stereocenters. The molecule has 6 heteroatoms. The highest BCUT2D eigenvalue weighted by Crippen LogP contribution is 2.27. The van der Waals surface area contributed by atoms with Gasteiger partial charge >= 0.3 is 0 Å². The van der Waals surface area contributed by atoms with Crippen LogP contribution in [0.3, 0.4) is 0 Å². The molecule has 0 spiro atoms. The molecule has 24 heavy (non-hydrogen) atoms.